The molecule has 0 spiro atoms. The van der Waals surface area contributed by atoms with Crippen molar-refractivity contribution in [1.29, 1.82) is 0 Å². The predicted octanol–water partition coefficient (Wildman–Crippen LogP) is 4.04. The molecule has 3 heteroatoms. The van der Waals surface area contributed by atoms with Crippen molar-refractivity contribution in [2.24, 2.45) is 0 Å². The second-order valence-corrected chi connectivity index (χ2v) is 5.72. The van der Waals surface area contributed by atoms with E-state index in [0.717, 1.165) is 22.6 Å². The van der Waals surface area contributed by atoms with E-state index in [2.05, 4.69) is 20.8 Å². The number of aliphatic carboxylic acids is 1. The van der Waals surface area contributed by atoms with Gasteiger partial charge < -0.3 is 5.11 Å². The van der Waals surface area contributed by atoms with E-state index >= 15 is 0 Å². The smallest absolute Gasteiger partial charge is 0.303 e. The minimum absolute atomic E-state index is 0.0384. The summed E-state index contributed by atoms with van der Waals surface area (Å²) in [6.07, 6.45) is 1.62. The Labute approximate surface area is 108 Å². The molecule has 0 atom stereocenters. The third kappa shape index (κ3) is 4.39. The Morgan fingerprint density at radius 1 is 1.35 bits per heavy atom. The minimum atomic E-state index is -0.748. The van der Waals surface area contributed by atoms with Crippen LogP contribution in [0.15, 0.2) is 18.2 Å². The van der Waals surface area contributed by atoms with Gasteiger partial charge in [-0.1, -0.05) is 44.5 Å². The minimum Gasteiger partial charge on any atom is -0.481 e. The van der Waals surface area contributed by atoms with Gasteiger partial charge in [0, 0.05) is 11.4 Å². The Bertz CT molecular complexity index is 405. The molecular formula is C14H19ClO2. The number of carbonyl (C=O) groups is 1. The summed E-state index contributed by atoms with van der Waals surface area (Å²) in [5.41, 5.74) is 2.27. The van der Waals surface area contributed by atoms with E-state index in [1.165, 1.54) is 0 Å². The van der Waals surface area contributed by atoms with Crippen molar-refractivity contribution < 1.29 is 9.90 Å². The van der Waals surface area contributed by atoms with Crippen LogP contribution in [0.25, 0.3) is 0 Å². The Hall–Kier alpha value is -1.02. The van der Waals surface area contributed by atoms with Crippen LogP contribution in [-0.2, 0) is 16.6 Å². The number of carboxylic acid groups (broad SMARTS) is 1. The van der Waals surface area contributed by atoms with Gasteiger partial charge >= 0.3 is 5.97 Å². The quantitative estimate of drug-likeness (QED) is 0.880. The van der Waals surface area contributed by atoms with Gasteiger partial charge in [-0.05, 0) is 35.4 Å². The molecule has 0 saturated carbocycles. The zero-order valence-corrected chi connectivity index (χ0v) is 11.3. The van der Waals surface area contributed by atoms with Crippen molar-refractivity contribution >= 4 is 17.6 Å². The highest BCUT2D eigenvalue weighted by Gasteiger charge is 2.17. The second-order valence-electron chi connectivity index (χ2n) is 5.31. The fourth-order valence-corrected chi connectivity index (χ4v) is 2.25. The topological polar surface area (TPSA) is 37.3 Å². The van der Waals surface area contributed by atoms with Crippen molar-refractivity contribution in [1.82, 2.24) is 0 Å². The second kappa shape index (κ2) is 5.54. The Balaban J connectivity index is 2.72. The Kier molecular flexibility index (Phi) is 4.58. The Morgan fingerprint density at radius 3 is 2.47 bits per heavy atom. The van der Waals surface area contributed by atoms with E-state index in [9.17, 15) is 4.79 Å². The van der Waals surface area contributed by atoms with Crippen LogP contribution in [0.2, 0.25) is 5.02 Å². The lowest BCUT2D eigenvalue weighted by Gasteiger charge is -2.21. The number of halogens is 1. The van der Waals surface area contributed by atoms with Crippen LogP contribution >= 0.6 is 11.6 Å². The molecule has 1 rings (SSSR count). The maximum atomic E-state index is 10.4. The predicted molar refractivity (Wildman–Crippen MR) is 70.7 cm³/mol. The van der Waals surface area contributed by atoms with Crippen molar-refractivity contribution in [3.8, 4) is 0 Å². The number of benzene rings is 1. The van der Waals surface area contributed by atoms with Crippen LogP contribution in [0.3, 0.4) is 0 Å². The molecule has 0 fully saturated rings. The first kappa shape index (κ1) is 14.0. The van der Waals surface area contributed by atoms with E-state index in [1.807, 2.05) is 18.2 Å². The molecule has 1 aromatic rings. The summed E-state index contributed by atoms with van der Waals surface area (Å²) < 4.78 is 0. The summed E-state index contributed by atoms with van der Waals surface area (Å²) in [5, 5.41) is 9.34. The van der Waals surface area contributed by atoms with Crippen molar-refractivity contribution in [2.45, 2.75) is 45.4 Å². The fourth-order valence-electron chi connectivity index (χ4n) is 1.77. The molecule has 0 saturated heterocycles. The van der Waals surface area contributed by atoms with Crippen LogP contribution in [-0.4, -0.2) is 11.1 Å². The monoisotopic (exact) mass is 254 g/mol. The first-order valence-corrected chi connectivity index (χ1v) is 6.19. The van der Waals surface area contributed by atoms with Crippen LogP contribution in [0.1, 0.15) is 44.7 Å². The summed E-state index contributed by atoms with van der Waals surface area (Å²) in [6.45, 7) is 6.37. The van der Waals surface area contributed by atoms with Gasteiger partial charge in [0.05, 0.1) is 0 Å². The standard InChI is InChI=1S/C14H19ClO2/c1-14(2,3)11-8-7-10(9-12(11)15)5-4-6-13(16)17/h7-9H,4-6H2,1-3H3,(H,16,17). The first-order valence-electron chi connectivity index (χ1n) is 5.81. The summed E-state index contributed by atoms with van der Waals surface area (Å²) in [7, 11) is 0. The molecule has 17 heavy (non-hydrogen) atoms. The normalized spacial score (nSPS) is 11.5. The van der Waals surface area contributed by atoms with Gasteiger partial charge in [0.25, 0.3) is 0 Å². The van der Waals surface area contributed by atoms with Gasteiger partial charge in [0.2, 0.25) is 0 Å². The van der Waals surface area contributed by atoms with Crippen molar-refractivity contribution in [3.05, 3.63) is 34.3 Å². The van der Waals surface area contributed by atoms with E-state index in [1.54, 1.807) is 0 Å². The average molecular weight is 255 g/mol. The molecule has 0 heterocycles. The van der Waals surface area contributed by atoms with E-state index in [4.69, 9.17) is 16.7 Å². The lowest BCUT2D eigenvalue weighted by atomic mass is 9.86. The van der Waals surface area contributed by atoms with Crippen LogP contribution in [0, 0.1) is 0 Å². The van der Waals surface area contributed by atoms with Gasteiger partial charge in [-0.3, -0.25) is 4.79 Å². The van der Waals surface area contributed by atoms with Gasteiger partial charge in [-0.25, -0.2) is 0 Å². The molecule has 0 amide bonds. The zero-order valence-electron chi connectivity index (χ0n) is 10.6. The third-order valence-electron chi connectivity index (χ3n) is 2.70. The maximum Gasteiger partial charge on any atom is 0.303 e. The highest BCUT2D eigenvalue weighted by Crippen LogP contribution is 2.30. The summed E-state index contributed by atoms with van der Waals surface area (Å²) in [6, 6.07) is 6.02. The molecular weight excluding hydrogens is 236 g/mol. The molecule has 0 aliphatic heterocycles. The fraction of sp³-hybridized carbons (Fsp3) is 0.500. The molecule has 0 aromatic heterocycles. The number of carboxylic acids is 1. The SMILES string of the molecule is CC(C)(C)c1ccc(CCCC(=O)O)cc1Cl. The molecule has 0 aliphatic rings. The van der Waals surface area contributed by atoms with Gasteiger partial charge in [0.1, 0.15) is 0 Å². The number of aryl methyl sites for hydroxylation is 1. The van der Waals surface area contributed by atoms with Crippen molar-refractivity contribution in [3.63, 3.8) is 0 Å². The highest BCUT2D eigenvalue weighted by atomic mass is 35.5. The number of hydrogen-bond donors (Lipinski definition) is 1. The number of hydrogen-bond acceptors (Lipinski definition) is 1. The first-order chi connectivity index (χ1) is 7.80. The van der Waals surface area contributed by atoms with Crippen LogP contribution in [0.4, 0.5) is 0 Å². The van der Waals surface area contributed by atoms with E-state index in [0.29, 0.717) is 6.42 Å². The highest BCUT2D eigenvalue weighted by molar-refractivity contribution is 6.31. The zero-order chi connectivity index (χ0) is 13.1. The largest absolute Gasteiger partial charge is 0.481 e. The molecule has 1 aromatic carbocycles. The molecule has 0 radical (unpaired) electrons. The van der Waals surface area contributed by atoms with Crippen LogP contribution < -0.4 is 0 Å². The molecule has 1 N–H and O–H groups in total. The van der Waals surface area contributed by atoms with Crippen LogP contribution in [0.5, 0.6) is 0 Å². The summed E-state index contributed by atoms with van der Waals surface area (Å²) in [5.74, 6) is -0.748. The molecule has 2 nitrogen and oxygen atoms in total. The van der Waals surface area contributed by atoms with E-state index in [-0.39, 0.29) is 11.8 Å². The maximum absolute atomic E-state index is 10.4. The van der Waals surface area contributed by atoms with E-state index < -0.39 is 5.97 Å². The van der Waals surface area contributed by atoms with Crippen molar-refractivity contribution in [2.75, 3.05) is 0 Å². The molecule has 0 bridgehead atoms. The lowest BCUT2D eigenvalue weighted by Crippen LogP contribution is -2.11. The summed E-state index contributed by atoms with van der Waals surface area (Å²) >= 11 is 6.24. The molecule has 0 unspecified atom stereocenters. The third-order valence-corrected chi connectivity index (χ3v) is 3.01. The number of rotatable bonds is 4. The molecule has 0 aliphatic carbocycles. The van der Waals surface area contributed by atoms with Gasteiger partial charge in [-0.15, -0.1) is 0 Å². The van der Waals surface area contributed by atoms with Gasteiger partial charge in [-0.2, -0.15) is 0 Å². The molecule has 94 valence electrons. The average Bonchev–Trinajstić information content (AvgIpc) is 2.14. The Morgan fingerprint density at radius 2 is 2.00 bits per heavy atom. The lowest BCUT2D eigenvalue weighted by molar-refractivity contribution is -0.137. The van der Waals surface area contributed by atoms with Gasteiger partial charge in [0.15, 0.2) is 0 Å². The summed E-state index contributed by atoms with van der Waals surface area (Å²) in [4.78, 5) is 10.4.